The zero-order valence-corrected chi connectivity index (χ0v) is 16.7. The lowest BCUT2D eigenvalue weighted by Crippen LogP contribution is -2.32. The van der Waals surface area contributed by atoms with E-state index in [2.05, 4.69) is 22.3 Å². The molecule has 1 atom stereocenters. The molecule has 0 saturated carbocycles. The Morgan fingerprint density at radius 1 is 1.03 bits per heavy atom. The molecule has 0 bridgehead atoms. The molecule has 0 fully saturated rings. The lowest BCUT2D eigenvalue weighted by atomic mass is 9.88. The maximum absolute atomic E-state index is 13.1. The molecule has 5 rings (SSSR count). The smallest absolute Gasteiger partial charge is 0.163 e. The Kier molecular flexibility index (Phi) is 4.64. The summed E-state index contributed by atoms with van der Waals surface area (Å²) >= 11 is 6.09. The van der Waals surface area contributed by atoms with Gasteiger partial charge in [-0.2, -0.15) is 0 Å². The van der Waals surface area contributed by atoms with E-state index in [9.17, 15) is 4.79 Å². The van der Waals surface area contributed by atoms with Gasteiger partial charge in [0.2, 0.25) is 0 Å². The largest absolute Gasteiger partial charge is 0.467 e. The number of halogens is 1. The molecule has 29 heavy (non-hydrogen) atoms. The minimum atomic E-state index is -0.278. The van der Waals surface area contributed by atoms with Crippen LogP contribution < -0.4 is 10.2 Å². The van der Waals surface area contributed by atoms with Crippen LogP contribution in [0.2, 0.25) is 5.02 Å². The SMILES string of the molecule is O=C1CCCC2=C1[C@H](c1ccco1)N(Cc1ccc(Cl)cc1)c1ccccc1N2. The minimum Gasteiger partial charge on any atom is -0.467 e. The standard InChI is InChI=1S/C24H21ClN2O2/c25-17-12-10-16(11-13-17)15-27-20-7-2-1-5-18(20)26-19-6-3-8-21(28)23(19)24(27)22-9-4-14-29-22/h1-2,4-5,7,9-14,24,26H,3,6,8,15H2/t24-/m0/s1. The highest BCUT2D eigenvalue weighted by Crippen LogP contribution is 2.45. The Hall–Kier alpha value is -2.98. The number of ketones is 1. The Balaban J connectivity index is 1.70. The van der Waals surface area contributed by atoms with Crippen LogP contribution in [0.15, 0.2) is 82.6 Å². The van der Waals surface area contributed by atoms with E-state index >= 15 is 0 Å². The van der Waals surface area contributed by atoms with Gasteiger partial charge in [-0.15, -0.1) is 0 Å². The Labute approximate surface area is 174 Å². The monoisotopic (exact) mass is 404 g/mol. The third-order valence-corrected chi connectivity index (χ3v) is 5.87. The molecule has 1 N–H and O–H groups in total. The Morgan fingerprint density at radius 2 is 1.86 bits per heavy atom. The van der Waals surface area contributed by atoms with Gasteiger partial charge < -0.3 is 14.6 Å². The fourth-order valence-electron chi connectivity index (χ4n) is 4.30. The van der Waals surface area contributed by atoms with E-state index in [0.717, 1.165) is 46.8 Å². The van der Waals surface area contributed by atoms with Gasteiger partial charge in [-0.3, -0.25) is 4.79 Å². The summed E-state index contributed by atoms with van der Waals surface area (Å²) in [6, 6.07) is 19.6. The number of rotatable bonds is 3. The maximum atomic E-state index is 13.1. The number of carbonyl (C=O) groups excluding carboxylic acids is 1. The van der Waals surface area contributed by atoms with Gasteiger partial charge in [-0.1, -0.05) is 35.9 Å². The van der Waals surface area contributed by atoms with Gasteiger partial charge in [0.1, 0.15) is 11.8 Å². The van der Waals surface area contributed by atoms with Crippen molar-refractivity contribution in [2.75, 3.05) is 10.2 Å². The van der Waals surface area contributed by atoms with E-state index in [4.69, 9.17) is 16.0 Å². The van der Waals surface area contributed by atoms with E-state index in [1.807, 2.05) is 48.5 Å². The molecule has 3 aromatic rings. The molecule has 0 saturated heterocycles. The van der Waals surface area contributed by atoms with Crippen LogP contribution in [0.25, 0.3) is 0 Å². The quantitative estimate of drug-likeness (QED) is 0.571. The van der Waals surface area contributed by atoms with Crippen molar-refractivity contribution in [3.05, 3.63) is 94.5 Å². The van der Waals surface area contributed by atoms with Crippen LogP contribution in [-0.4, -0.2) is 5.78 Å². The molecule has 2 aliphatic rings. The van der Waals surface area contributed by atoms with Crippen molar-refractivity contribution in [3.8, 4) is 0 Å². The Bertz CT molecular complexity index is 1070. The van der Waals surface area contributed by atoms with Crippen molar-refractivity contribution in [3.63, 3.8) is 0 Å². The molecule has 1 aromatic heterocycles. The van der Waals surface area contributed by atoms with Crippen LogP contribution in [0, 0.1) is 0 Å². The van der Waals surface area contributed by atoms with Gasteiger partial charge in [0.15, 0.2) is 5.78 Å². The molecule has 0 amide bonds. The number of allylic oxidation sites excluding steroid dienone is 1. The number of benzene rings is 2. The molecule has 1 aliphatic heterocycles. The zero-order chi connectivity index (χ0) is 19.8. The number of anilines is 2. The second-order valence-corrected chi connectivity index (χ2v) is 7.92. The van der Waals surface area contributed by atoms with Crippen molar-refractivity contribution >= 4 is 28.8 Å². The first-order valence-electron chi connectivity index (χ1n) is 9.87. The molecule has 0 spiro atoms. The number of carbonyl (C=O) groups is 1. The van der Waals surface area contributed by atoms with Crippen molar-refractivity contribution in [1.82, 2.24) is 0 Å². The maximum Gasteiger partial charge on any atom is 0.163 e. The first-order valence-corrected chi connectivity index (χ1v) is 10.3. The van der Waals surface area contributed by atoms with Crippen molar-refractivity contribution < 1.29 is 9.21 Å². The fourth-order valence-corrected chi connectivity index (χ4v) is 4.43. The van der Waals surface area contributed by atoms with Crippen LogP contribution in [0.4, 0.5) is 11.4 Å². The van der Waals surface area contributed by atoms with Crippen LogP contribution in [0.5, 0.6) is 0 Å². The average molecular weight is 405 g/mol. The van der Waals surface area contributed by atoms with Crippen LogP contribution in [-0.2, 0) is 11.3 Å². The van der Waals surface area contributed by atoms with Gasteiger partial charge >= 0.3 is 0 Å². The molecule has 1 aliphatic carbocycles. The number of furan rings is 1. The predicted octanol–water partition coefficient (Wildman–Crippen LogP) is 6.11. The van der Waals surface area contributed by atoms with Gasteiger partial charge in [0.05, 0.1) is 17.6 Å². The molecule has 5 heteroatoms. The number of Topliss-reactive ketones (excluding diaryl/α,β-unsaturated/α-hetero) is 1. The summed E-state index contributed by atoms with van der Waals surface area (Å²) in [5.41, 5.74) is 5.00. The topological polar surface area (TPSA) is 45.5 Å². The first kappa shape index (κ1) is 18.1. The van der Waals surface area contributed by atoms with E-state index in [-0.39, 0.29) is 11.8 Å². The van der Waals surface area contributed by atoms with Gasteiger partial charge in [0.25, 0.3) is 0 Å². The highest BCUT2D eigenvalue weighted by molar-refractivity contribution is 6.30. The van der Waals surface area contributed by atoms with E-state index in [1.54, 1.807) is 6.26 Å². The summed E-state index contributed by atoms with van der Waals surface area (Å²) in [7, 11) is 0. The fraction of sp³-hybridized carbons (Fsp3) is 0.208. The molecule has 4 nitrogen and oxygen atoms in total. The molecule has 146 valence electrons. The molecular formula is C24H21ClN2O2. The second-order valence-electron chi connectivity index (χ2n) is 7.48. The Morgan fingerprint density at radius 3 is 2.66 bits per heavy atom. The molecule has 0 unspecified atom stereocenters. The molecule has 2 heterocycles. The third-order valence-electron chi connectivity index (χ3n) is 5.62. The summed E-state index contributed by atoms with van der Waals surface area (Å²) in [5.74, 6) is 0.967. The van der Waals surface area contributed by atoms with E-state index < -0.39 is 0 Å². The van der Waals surface area contributed by atoms with Gasteiger partial charge in [0, 0.05) is 29.3 Å². The third kappa shape index (κ3) is 3.34. The summed E-state index contributed by atoms with van der Waals surface area (Å²) < 4.78 is 5.85. The zero-order valence-electron chi connectivity index (χ0n) is 15.9. The number of nitrogens with zero attached hydrogens (tertiary/aromatic N) is 1. The van der Waals surface area contributed by atoms with Crippen molar-refractivity contribution in [2.24, 2.45) is 0 Å². The average Bonchev–Trinajstić information content (AvgIpc) is 3.21. The summed E-state index contributed by atoms with van der Waals surface area (Å²) in [4.78, 5) is 15.4. The molecular weight excluding hydrogens is 384 g/mol. The van der Waals surface area contributed by atoms with Crippen LogP contribution in [0.1, 0.15) is 36.6 Å². The van der Waals surface area contributed by atoms with Crippen molar-refractivity contribution in [2.45, 2.75) is 31.8 Å². The van der Waals surface area contributed by atoms with Crippen LogP contribution in [0.3, 0.4) is 0 Å². The number of nitrogens with one attached hydrogen (secondary N) is 1. The molecule has 2 aromatic carbocycles. The number of fused-ring (bicyclic) bond motifs is 1. The highest BCUT2D eigenvalue weighted by atomic mass is 35.5. The number of para-hydroxylation sites is 2. The first-order chi connectivity index (χ1) is 14.2. The van der Waals surface area contributed by atoms with Gasteiger partial charge in [-0.05, 0) is 54.8 Å². The minimum absolute atomic E-state index is 0.189. The van der Waals surface area contributed by atoms with E-state index in [0.29, 0.717) is 18.0 Å². The number of hydrogen-bond acceptors (Lipinski definition) is 4. The van der Waals surface area contributed by atoms with E-state index in [1.165, 1.54) is 0 Å². The van der Waals surface area contributed by atoms with Gasteiger partial charge in [-0.25, -0.2) is 0 Å². The summed E-state index contributed by atoms with van der Waals surface area (Å²) in [6.07, 6.45) is 3.98. The van der Waals surface area contributed by atoms with Crippen LogP contribution >= 0.6 is 11.6 Å². The predicted molar refractivity (Wildman–Crippen MR) is 115 cm³/mol. The molecule has 0 radical (unpaired) electrons. The normalized spacial score (nSPS) is 18.7. The summed E-state index contributed by atoms with van der Waals surface area (Å²) in [6.45, 7) is 0.630. The van der Waals surface area contributed by atoms with Crippen molar-refractivity contribution in [1.29, 1.82) is 0 Å². The summed E-state index contributed by atoms with van der Waals surface area (Å²) in [5, 5.41) is 4.27. The highest BCUT2D eigenvalue weighted by Gasteiger charge is 2.38. The lowest BCUT2D eigenvalue weighted by molar-refractivity contribution is -0.116. The lowest BCUT2D eigenvalue weighted by Gasteiger charge is -2.34. The number of hydrogen-bond donors (Lipinski definition) is 1. The second kappa shape index (κ2) is 7.45.